The van der Waals surface area contributed by atoms with Gasteiger partial charge in [-0.05, 0) is 33.1 Å². The van der Waals surface area contributed by atoms with Gasteiger partial charge in [0.1, 0.15) is 0 Å². The van der Waals surface area contributed by atoms with Gasteiger partial charge in [0.15, 0.2) is 0 Å². The zero-order valence-electron chi connectivity index (χ0n) is 11.0. The zero-order valence-corrected chi connectivity index (χ0v) is 11.0. The molecule has 0 aromatic heterocycles. The molecule has 0 aliphatic carbocycles. The molecule has 6 heteroatoms. The number of carboxylic acids is 1. The highest BCUT2D eigenvalue weighted by molar-refractivity contribution is 5.86. The molecule has 0 radical (unpaired) electrons. The Morgan fingerprint density at radius 1 is 1.39 bits per heavy atom. The fourth-order valence-electron chi connectivity index (χ4n) is 1.73. The predicted molar refractivity (Wildman–Crippen MR) is 66.0 cm³/mol. The molecule has 0 aromatic rings. The second kappa shape index (κ2) is 5.67. The van der Waals surface area contributed by atoms with Crippen molar-refractivity contribution in [1.29, 1.82) is 0 Å². The van der Waals surface area contributed by atoms with Crippen LogP contribution in [0.15, 0.2) is 0 Å². The van der Waals surface area contributed by atoms with Gasteiger partial charge in [-0.2, -0.15) is 0 Å². The Labute approximate surface area is 107 Å². The topological polar surface area (TPSA) is 102 Å². The molecule has 0 bridgehead atoms. The highest BCUT2D eigenvalue weighted by Crippen LogP contribution is 2.20. The molecule has 1 aliphatic heterocycles. The van der Waals surface area contributed by atoms with Crippen LogP contribution in [0.2, 0.25) is 0 Å². The van der Waals surface area contributed by atoms with Crippen LogP contribution in [-0.4, -0.2) is 42.3 Å². The van der Waals surface area contributed by atoms with Crippen molar-refractivity contribution in [3.63, 3.8) is 0 Å². The Hall–Kier alpha value is -1.14. The summed E-state index contributed by atoms with van der Waals surface area (Å²) in [6.07, 6.45) is 1.38. The third kappa shape index (κ3) is 3.68. The van der Waals surface area contributed by atoms with E-state index in [1.165, 1.54) is 0 Å². The average Bonchev–Trinajstić information content (AvgIpc) is 2.29. The Morgan fingerprint density at radius 3 is 2.44 bits per heavy atom. The summed E-state index contributed by atoms with van der Waals surface area (Å²) in [5.74, 6) is -1.09. The number of rotatable bonds is 5. The summed E-state index contributed by atoms with van der Waals surface area (Å²) in [7, 11) is 0. The van der Waals surface area contributed by atoms with E-state index in [0.29, 0.717) is 39.0 Å². The maximum Gasteiger partial charge on any atom is 0.309 e. The lowest BCUT2D eigenvalue weighted by Crippen LogP contribution is -2.57. The summed E-state index contributed by atoms with van der Waals surface area (Å²) < 4.78 is 5.17. The van der Waals surface area contributed by atoms with Gasteiger partial charge < -0.3 is 20.9 Å². The zero-order chi connectivity index (χ0) is 13.8. The van der Waals surface area contributed by atoms with Crippen molar-refractivity contribution >= 4 is 11.9 Å². The number of aliphatic carboxylic acids is 1. The van der Waals surface area contributed by atoms with Gasteiger partial charge in [-0.3, -0.25) is 9.59 Å². The first-order valence-corrected chi connectivity index (χ1v) is 6.16. The molecule has 1 aliphatic rings. The minimum atomic E-state index is -0.870. The third-order valence-electron chi connectivity index (χ3n) is 3.45. The van der Waals surface area contributed by atoms with Gasteiger partial charge in [0.2, 0.25) is 5.91 Å². The molecule has 4 N–H and O–H groups in total. The molecule has 18 heavy (non-hydrogen) atoms. The maximum absolute atomic E-state index is 11.9. The minimum Gasteiger partial charge on any atom is -0.481 e. The lowest BCUT2D eigenvalue weighted by molar-refractivity contribution is -0.147. The van der Waals surface area contributed by atoms with E-state index in [1.54, 1.807) is 13.8 Å². The van der Waals surface area contributed by atoms with Crippen LogP contribution in [0.3, 0.4) is 0 Å². The molecule has 104 valence electrons. The summed E-state index contributed by atoms with van der Waals surface area (Å²) >= 11 is 0. The van der Waals surface area contributed by atoms with Gasteiger partial charge in [-0.1, -0.05) is 0 Å². The van der Waals surface area contributed by atoms with Crippen LogP contribution in [0, 0.1) is 5.41 Å². The van der Waals surface area contributed by atoms with E-state index in [9.17, 15) is 9.59 Å². The van der Waals surface area contributed by atoms with Gasteiger partial charge in [0.25, 0.3) is 0 Å². The number of ether oxygens (including phenoxy) is 1. The summed E-state index contributed by atoms with van der Waals surface area (Å²) in [4.78, 5) is 22.8. The summed E-state index contributed by atoms with van der Waals surface area (Å²) in [6.45, 7) is 4.56. The molecule has 0 saturated carbocycles. The molecule has 0 atom stereocenters. The molecule has 1 rings (SSSR count). The Bertz CT molecular complexity index is 322. The van der Waals surface area contributed by atoms with Crippen LogP contribution >= 0.6 is 0 Å². The molecular weight excluding hydrogens is 236 g/mol. The minimum absolute atomic E-state index is 0.216. The monoisotopic (exact) mass is 258 g/mol. The smallest absolute Gasteiger partial charge is 0.309 e. The lowest BCUT2D eigenvalue weighted by atomic mass is 9.88. The van der Waals surface area contributed by atoms with Gasteiger partial charge in [0.05, 0.1) is 11.0 Å². The lowest BCUT2D eigenvalue weighted by Gasteiger charge is -2.32. The maximum atomic E-state index is 11.9. The number of amides is 1. The SMILES string of the molecule is CC(C)(CCNC(=O)C1(N)CCOCC1)C(=O)O. The second-order valence-electron chi connectivity index (χ2n) is 5.46. The quantitative estimate of drug-likeness (QED) is 0.649. The third-order valence-corrected chi connectivity index (χ3v) is 3.45. The van der Waals surface area contributed by atoms with Crippen LogP contribution in [0.5, 0.6) is 0 Å². The molecule has 1 amide bonds. The molecule has 1 heterocycles. The van der Waals surface area contributed by atoms with Crippen LogP contribution in [-0.2, 0) is 14.3 Å². The van der Waals surface area contributed by atoms with Gasteiger partial charge in [-0.15, -0.1) is 0 Å². The Kier molecular flexibility index (Phi) is 4.70. The number of carbonyl (C=O) groups excluding carboxylic acids is 1. The second-order valence-corrected chi connectivity index (χ2v) is 5.46. The largest absolute Gasteiger partial charge is 0.481 e. The molecule has 1 fully saturated rings. The first-order valence-electron chi connectivity index (χ1n) is 6.16. The summed E-state index contributed by atoms with van der Waals surface area (Å²) in [6, 6.07) is 0. The molecule has 0 unspecified atom stereocenters. The number of carboxylic acid groups (broad SMARTS) is 1. The number of hydrogen-bond acceptors (Lipinski definition) is 4. The van der Waals surface area contributed by atoms with Crippen molar-refractivity contribution in [3.05, 3.63) is 0 Å². The van der Waals surface area contributed by atoms with E-state index >= 15 is 0 Å². The number of carbonyl (C=O) groups is 2. The number of nitrogens with two attached hydrogens (primary N) is 1. The fraction of sp³-hybridized carbons (Fsp3) is 0.833. The van der Waals surface area contributed by atoms with Gasteiger partial charge in [-0.25, -0.2) is 0 Å². The van der Waals surface area contributed by atoms with E-state index in [-0.39, 0.29) is 5.91 Å². The molecule has 6 nitrogen and oxygen atoms in total. The van der Waals surface area contributed by atoms with E-state index < -0.39 is 16.9 Å². The highest BCUT2D eigenvalue weighted by atomic mass is 16.5. The van der Waals surface area contributed by atoms with Crippen LogP contribution in [0.25, 0.3) is 0 Å². The van der Waals surface area contributed by atoms with Crippen molar-refractivity contribution in [2.24, 2.45) is 11.1 Å². The normalized spacial score (nSPS) is 19.3. The highest BCUT2D eigenvalue weighted by Gasteiger charge is 2.36. The van der Waals surface area contributed by atoms with Crippen molar-refractivity contribution in [2.75, 3.05) is 19.8 Å². The number of nitrogens with one attached hydrogen (secondary N) is 1. The van der Waals surface area contributed by atoms with Gasteiger partial charge in [0, 0.05) is 19.8 Å². The first-order chi connectivity index (χ1) is 8.28. The van der Waals surface area contributed by atoms with E-state index in [0.717, 1.165) is 0 Å². The predicted octanol–water partition coefficient (Wildman–Crippen LogP) is 0.111. The van der Waals surface area contributed by atoms with Crippen molar-refractivity contribution in [2.45, 2.75) is 38.6 Å². The average molecular weight is 258 g/mol. The van der Waals surface area contributed by atoms with Crippen molar-refractivity contribution < 1.29 is 19.4 Å². The first kappa shape index (κ1) is 14.9. The van der Waals surface area contributed by atoms with E-state index in [2.05, 4.69) is 5.32 Å². The van der Waals surface area contributed by atoms with Gasteiger partial charge >= 0.3 is 5.97 Å². The van der Waals surface area contributed by atoms with E-state index in [4.69, 9.17) is 15.6 Å². The van der Waals surface area contributed by atoms with E-state index in [1.807, 2.05) is 0 Å². The molecule has 0 spiro atoms. The Morgan fingerprint density at radius 2 is 1.94 bits per heavy atom. The number of hydrogen-bond donors (Lipinski definition) is 3. The fourth-order valence-corrected chi connectivity index (χ4v) is 1.73. The van der Waals surface area contributed by atoms with Crippen LogP contribution in [0.4, 0.5) is 0 Å². The van der Waals surface area contributed by atoms with Crippen molar-refractivity contribution in [1.82, 2.24) is 5.32 Å². The summed E-state index contributed by atoms with van der Waals surface area (Å²) in [5.41, 5.74) is 4.29. The molecule has 0 aromatic carbocycles. The molecule has 1 saturated heterocycles. The standard InChI is InChI=1S/C12H22N2O4/c1-11(2,10(16)17)3-6-14-9(15)12(13)4-7-18-8-5-12/h3-8,13H2,1-2H3,(H,14,15)(H,16,17). The summed E-state index contributed by atoms with van der Waals surface area (Å²) in [5, 5.41) is 11.7. The van der Waals surface area contributed by atoms with Crippen LogP contribution in [0.1, 0.15) is 33.1 Å². The van der Waals surface area contributed by atoms with Crippen molar-refractivity contribution in [3.8, 4) is 0 Å². The molecular formula is C12H22N2O4. The Balaban J connectivity index is 2.39. The van der Waals surface area contributed by atoms with Crippen LogP contribution < -0.4 is 11.1 Å².